The average molecular weight is 460 g/mol. The van der Waals surface area contributed by atoms with Gasteiger partial charge in [0.1, 0.15) is 12.5 Å². The highest BCUT2D eigenvalue weighted by atomic mass is 19.1. The molecule has 0 radical (unpaired) electrons. The first-order chi connectivity index (χ1) is 16.6. The van der Waals surface area contributed by atoms with Crippen LogP contribution in [0.1, 0.15) is 16.1 Å². The van der Waals surface area contributed by atoms with E-state index in [2.05, 4.69) is 29.9 Å². The average Bonchev–Trinajstić information content (AvgIpc) is 3.30. The summed E-state index contributed by atoms with van der Waals surface area (Å²) in [5.41, 5.74) is 4.04. The van der Waals surface area contributed by atoms with Gasteiger partial charge in [-0.1, -0.05) is 0 Å². The van der Waals surface area contributed by atoms with Crippen LogP contribution in [-0.4, -0.2) is 74.8 Å². The van der Waals surface area contributed by atoms with Crippen molar-refractivity contribution in [1.29, 1.82) is 0 Å². The number of aryl methyl sites for hydroxylation is 1. The Morgan fingerprint density at radius 2 is 1.85 bits per heavy atom. The molecule has 0 unspecified atom stereocenters. The Morgan fingerprint density at radius 1 is 1.00 bits per heavy atom. The van der Waals surface area contributed by atoms with E-state index < -0.39 is 0 Å². The number of pyridine rings is 3. The summed E-state index contributed by atoms with van der Waals surface area (Å²) in [6, 6.07) is 7.55. The lowest BCUT2D eigenvalue weighted by molar-refractivity contribution is 0.0992. The van der Waals surface area contributed by atoms with Crippen molar-refractivity contribution in [2.45, 2.75) is 6.42 Å². The molecule has 0 saturated carbocycles. The molecule has 4 aromatic rings. The predicted octanol–water partition coefficient (Wildman–Crippen LogP) is 2.94. The number of alkyl halides is 1. The minimum absolute atomic E-state index is 0.0112. The van der Waals surface area contributed by atoms with Crippen LogP contribution in [0.3, 0.4) is 0 Å². The number of carbonyl (C=O) groups is 1. The van der Waals surface area contributed by atoms with Crippen molar-refractivity contribution < 1.29 is 9.18 Å². The molecule has 0 spiro atoms. The van der Waals surface area contributed by atoms with E-state index in [-0.39, 0.29) is 18.9 Å². The molecule has 5 heterocycles. The number of Topliss-reactive ketones (excluding diaryl/α,β-unsaturated/α-hetero) is 1. The molecule has 0 atom stereocenters. The maximum Gasteiger partial charge on any atom is 0.169 e. The van der Waals surface area contributed by atoms with Crippen molar-refractivity contribution in [3.63, 3.8) is 0 Å². The molecule has 1 saturated heterocycles. The number of aromatic nitrogens is 5. The second-order valence-electron chi connectivity index (χ2n) is 8.52. The van der Waals surface area contributed by atoms with E-state index in [0.29, 0.717) is 17.8 Å². The standard InChI is InChI=1S/C25H26FN7O/c1-31-17-21(15-30-31)20-10-19-11-22(28-16-23(19)29-14-20)13-24(34)18-2-4-27-25(12-18)33-8-6-32(5-3-26)7-9-33/h2,4,10-12,14-17H,3,5-9,13H2,1H3. The summed E-state index contributed by atoms with van der Waals surface area (Å²) in [7, 11) is 1.88. The van der Waals surface area contributed by atoms with E-state index in [1.165, 1.54) is 0 Å². The number of carbonyl (C=O) groups excluding carboxylic acids is 1. The Kier molecular flexibility index (Phi) is 6.27. The van der Waals surface area contributed by atoms with Gasteiger partial charge in [-0.3, -0.25) is 24.3 Å². The summed E-state index contributed by atoms with van der Waals surface area (Å²) in [6.45, 7) is 3.26. The molecule has 1 fully saturated rings. The van der Waals surface area contributed by atoms with Crippen LogP contribution in [0.4, 0.5) is 10.2 Å². The Bertz CT molecular complexity index is 1310. The lowest BCUT2D eigenvalue weighted by Crippen LogP contribution is -2.47. The van der Waals surface area contributed by atoms with E-state index in [4.69, 9.17) is 0 Å². The molecular weight excluding hydrogens is 433 g/mol. The molecule has 4 aromatic heterocycles. The second kappa shape index (κ2) is 9.64. The fourth-order valence-corrected chi connectivity index (χ4v) is 4.25. The SMILES string of the molecule is Cn1cc(-c2cnc3cnc(CC(=O)c4ccnc(N5CCN(CCF)CC5)c4)cc3c2)cn1. The lowest BCUT2D eigenvalue weighted by atomic mass is 10.0. The molecule has 1 aliphatic heterocycles. The highest BCUT2D eigenvalue weighted by Gasteiger charge is 2.19. The second-order valence-corrected chi connectivity index (χ2v) is 8.52. The molecule has 5 rings (SSSR count). The third-order valence-corrected chi connectivity index (χ3v) is 6.17. The van der Waals surface area contributed by atoms with Crippen LogP contribution in [0, 0.1) is 0 Å². The number of fused-ring (bicyclic) bond motifs is 1. The highest BCUT2D eigenvalue weighted by Crippen LogP contribution is 2.23. The first kappa shape index (κ1) is 22.1. The molecule has 174 valence electrons. The molecule has 0 N–H and O–H groups in total. The first-order valence-electron chi connectivity index (χ1n) is 11.4. The van der Waals surface area contributed by atoms with Crippen LogP contribution in [0.25, 0.3) is 22.0 Å². The van der Waals surface area contributed by atoms with Crippen molar-refractivity contribution >= 4 is 22.5 Å². The van der Waals surface area contributed by atoms with Gasteiger partial charge in [0.05, 0.1) is 24.3 Å². The van der Waals surface area contributed by atoms with Gasteiger partial charge >= 0.3 is 0 Å². The monoisotopic (exact) mass is 459 g/mol. The molecule has 0 aliphatic carbocycles. The quantitative estimate of drug-likeness (QED) is 0.393. The van der Waals surface area contributed by atoms with Crippen molar-refractivity contribution in [2.75, 3.05) is 44.3 Å². The molecule has 34 heavy (non-hydrogen) atoms. The topological polar surface area (TPSA) is 80.0 Å². The summed E-state index contributed by atoms with van der Waals surface area (Å²) < 4.78 is 14.3. The number of ketones is 1. The zero-order valence-electron chi connectivity index (χ0n) is 19.1. The van der Waals surface area contributed by atoms with Gasteiger partial charge in [0.25, 0.3) is 0 Å². The molecule has 0 bridgehead atoms. The van der Waals surface area contributed by atoms with E-state index in [0.717, 1.165) is 54.0 Å². The van der Waals surface area contributed by atoms with E-state index >= 15 is 0 Å². The van der Waals surface area contributed by atoms with Gasteiger partial charge in [0.15, 0.2) is 5.78 Å². The van der Waals surface area contributed by atoms with Crippen LogP contribution >= 0.6 is 0 Å². The Labute approximate surface area is 197 Å². The third kappa shape index (κ3) is 4.79. The summed E-state index contributed by atoms with van der Waals surface area (Å²) in [5, 5.41) is 5.15. The molecule has 0 amide bonds. The fraction of sp³-hybridized carbons (Fsp3) is 0.320. The van der Waals surface area contributed by atoms with E-state index in [9.17, 15) is 9.18 Å². The number of piperazine rings is 1. The Hall–Kier alpha value is -3.72. The minimum atomic E-state index is -0.327. The molecule has 0 aromatic carbocycles. The molecular formula is C25H26FN7O. The van der Waals surface area contributed by atoms with Crippen LogP contribution in [0.2, 0.25) is 0 Å². The van der Waals surface area contributed by atoms with Gasteiger partial charge in [-0.25, -0.2) is 9.37 Å². The number of hydrogen-bond acceptors (Lipinski definition) is 7. The van der Waals surface area contributed by atoms with Gasteiger partial charge in [0, 0.05) is 86.1 Å². The number of anilines is 1. The predicted molar refractivity (Wildman–Crippen MR) is 129 cm³/mol. The maximum atomic E-state index is 13.1. The summed E-state index contributed by atoms with van der Waals surface area (Å²) >= 11 is 0. The van der Waals surface area contributed by atoms with Crippen molar-refractivity contribution in [3.05, 3.63) is 66.5 Å². The minimum Gasteiger partial charge on any atom is -0.354 e. The largest absolute Gasteiger partial charge is 0.354 e. The fourth-order valence-electron chi connectivity index (χ4n) is 4.25. The number of rotatable bonds is 7. The molecule has 9 heteroatoms. The van der Waals surface area contributed by atoms with Gasteiger partial charge in [-0.2, -0.15) is 5.10 Å². The van der Waals surface area contributed by atoms with Crippen LogP contribution in [0.15, 0.2) is 55.2 Å². The first-order valence-corrected chi connectivity index (χ1v) is 11.4. The summed E-state index contributed by atoms with van der Waals surface area (Å²) in [5.74, 6) is 0.769. The Balaban J connectivity index is 1.31. The highest BCUT2D eigenvalue weighted by molar-refractivity contribution is 5.98. The van der Waals surface area contributed by atoms with E-state index in [1.807, 2.05) is 37.6 Å². The maximum absolute atomic E-state index is 13.1. The van der Waals surface area contributed by atoms with Gasteiger partial charge < -0.3 is 4.90 Å². The van der Waals surface area contributed by atoms with Crippen LogP contribution < -0.4 is 4.90 Å². The lowest BCUT2D eigenvalue weighted by Gasteiger charge is -2.35. The molecule has 8 nitrogen and oxygen atoms in total. The van der Waals surface area contributed by atoms with Gasteiger partial charge in [-0.05, 0) is 24.3 Å². The third-order valence-electron chi connectivity index (χ3n) is 6.17. The summed E-state index contributed by atoms with van der Waals surface area (Å²) in [4.78, 5) is 30.7. The van der Waals surface area contributed by atoms with E-state index in [1.54, 1.807) is 29.3 Å². The normalized spacial score (nSPS) is 14.6. The zero-order valence-corrected chi connectivity index (χ0v) is 19.1. The smallest absolute Gasteiger partial charge is 0.169 e. The van der Waals surface area contributed by atoms with Gasteiger partial charge in [-0.15, -0.1) is 0 Å². The van der Waals surface area contributed by atoms with Gasteiger partial charge in [0.2, 0.25) is 0 Å². The van der Waals surface area contributed by atoms with Crippen molar-refractivity contribution in [3.8, 4) is 11.1 Å². The number of hydrogen-bond donors (Lipinski definition) is 0. The summed E-state index contributed by atoms with van der Waals surface area (Å²) in [6.07, 6.45) is 9.13. The number of halogens is 1. The van der Waals surface area contributed by atoms with Crippen LogP contribution in [0.5, 0.6) is 0 Å². The number of nitrogens with zero attached hydrogens (tertiary/aromatic N) is 7. The molecule has 1 aliphatic rings. The Morgan fingerprint density at radius 3 is 2.62 bits per heavy atom. The van der Waals surface area contributed by atoms with Crippen molar-refractivity contribution in [2.24, 2.45) is 7.05 Å². The zero-order chi connectivity index (χ0) is 23.5. The van der Waals surface area contributed by atoms with Crippen LogP contribution in [-0.2, 0) is 13.5 Å². The van der Waals surface area contributed by atoms with Crippen molar-refractivity contribution in [1.82, 2.24) is 29.6 Å².